The number of hydrogen-bond acceptors (Lipinski definition) is 4. The molecular formula is C28H35N3O3. The molecule has 6 nitrogen and oxygen atoms in total. The van der Waals surface area contributed by atoms with Gasteiger partial charge in [-0.15, -0.1) is 0 Å². The Morgan fingerprint density at radius 3 is 2.44 bits per heavy atom. The summed E-state index contributed by atoms with van der Waals surface area (Å²) in [5, 5.41) is 33.7. The summed E-state index contributed by atoms with van der Waals surface area (Å²) in [5.41, 5.74) is 4.45. The highest BCUT2D eigenvalue weighted by Crippen LogP contribution is 2.62. The summed E-state index contributed by atoms with van der Waals surface area (Å²) in [4.78, 5) is 6.05. The number of aliphatic hydroxyl groups is 1. The fraction of sp³-hybridized carbons (Fsp3) is 0.571. The van der Waals surface area contributed by atoms with Crippen molar-refractivity contribution in [2.24, 2.45) is 17.8 Å². The Hall–Kier alpha value is -2.44. The lowest BCUT2D eigenvalue weighted by Gasteiger charge is -2.32. The zero-order chi connectivity index (χ0) is 23.1. The second-order valence-corrected chi connectivity index (χ2v) is 11.5. The Morgan fingerprint density at radius 2 is 1.65 bits per heavy atom. The molecule has 6 atom stereocenters. The van der Waals surface area contributed by atoms with Gasteiger partial charge in [-0.1, -0.05) is 25.1 Å². The van der Waals surface area contributed by atoms with Crippen LogP contribution in [0, 0.1) is 17.8 Å². The highest BCUT2D eigenvalue weighted by atomic mass is 16.3. The van der Waals surface area contributed by atoms with Crippen LogP contribution in [-0.2, 0) is 6.54 Å². The fourth-order valence-corrected chi connectivity index (χ4v) is 7.62. The van der Waals surface area contributed by atoms with Crippen LogP contribution in [0.3, 0.4) is 0 Å². The molecule has 3 fully saturated rings. The Balaban J connectivity index is 0.972. The SMILES string of the molecule is CC1C2CC(c3c2c(O)n(C[C@H]2C[C@@H]2CN2CCC(c4c[nH]c5ccccc45)CC2)c3O)C1O. The topological polar surface area (TPSA) is 84.7 Å². The van der Waals surface area contributed by atoms with E-state index in [1.165, 1.54) is 29.3 Å². The van der Waals surface area contributed by atoms with Gasteiger partial charge in [-0.2, -0.15) is 0 Å². The van der Waals surface area contributed by atoms with Crippen LogP contribution >= 0.6 is 0 Å². The van der Waals surface area contributed by atoms with Crippen LogP contribution in [0.2, 0.25) is 0 Å². The monoisotopic (exact) mass is 461 g/mol. The van der Waals surface area contributed by atoms with Gasteiger partial charge in [0.05, 0.1) is 6.10 Å². The summed E-state index contributed by atoms with van der Waals surface area (Å²) in [6, 6.07) is 8.61. The van der Waals surface area contributed by atoms with Gasteiger partial charge in [0.2, 0.25) is 0 Å². The van der Waals surface area contributed by atoms with Crippen molar-refractivity contribution in [3.05, 3.63) is 47.2 Å². The highest BCUT2D eigenvalue weighted by molar-refractivity contribution is 5.83. The molecule has 1 aliphatic heterocycles. The Morgan fingerprint density at radius 1 is 0.941 bits per heavy atom. The molecule has 3 aromatic rings. The molecule has 2 aromatic heterocycles. The van der Waals surface area contributed by atoms with Crippen LogP contribution < -0.4 is 0 Å². The molecule has 4 N–H and O–H groups in total. The van der Waals surface area contributed by atoms with Gasteiger partial charge in [0.1, 0.15) is 0 Å². The predicted molar refractivity (Wildman–Crippen MR) is 131 cm³/mol. The molecule has 7 rings (SSSR count). The van der Waals surface area contributed by atoms with Crippen molar-refractivity contribution in [1.29, 1.82) is 0 Å². The number of piperidine rings is 1. The number of fused-ring (bicyclic) bond motifs is 6. The van der Waals surface area contributed by atoms with Crippen LogP contribution in [0.1, 0.15) is 67.1 Å². The van der Waals surface area contributed by atoms with Crippen LogP contribution in [0.15, 0.2) is 30.5 Å². The number of rotatable bonds is 5. The van der Waals surface area contributed by atoms with Crippen molar-refractivity contribution < 1.29 is 15.3 Å². The third-order valence-corrected chi connectivity index (χ3v) is 9.75. The molecule has 1 saturated heterocycles. The first-order chi connectivity index (χ1) is 16.5. The van der Waals surface area contributed by atoms with E-state index in [9.17, 15) is 15.3 Å². The van der Waals surface area contributed by atoms with Gasteiger partial charge in [0.25, 0.3) is 0 Å². The number of H-pyrrole nitrogens is 1. The molecule has 0 radical (unpaired) electrons. The zero-order valence-electron chi connectivity index (χ0n) is 19.8. The van der Waals surface area contributed by atoms with Gasteiger partial charge in [0.15, 0.2) is 11.8 Å². The number of likely N-dealkylation sites (tertiary alicyclic amines) is 1. The summed E-state index contributed by atoms with van der Waals surface area (Å²) in [6.45, 7) is 6.15. The Bertz CT molecular complexity index is 1200. The van der Waals surface area contributed by atoms with E-state index in [-0.39, 0.29) is 29.5 Å². The summed E-state index contributed by atoms with van der Waals surface area (Å²) in [7, 11) is 0. The molecule has 2 saturated carbocycles. The lowest BCUT2D eigenvalue weighted by Crippen LogP contribution is -2.34. The maximum Gasteiger partial charge on any atom is 0.197 e. The van der Waals surface area contributed by atoms with E-state index < -0.39 is 6.10 Å². The highest BCUT2D eigenvalue weighted by Gasteiger charge is 2.53. The first kappa shape index (κ1) is 20.9. The van der Waals surface area contributed by atoms with Crippen molar-refractivity contribution in [2.75, 3.05) is 19.6 Å². The van der Waals surface area contributed by atoms with E-state index in [1.54, 1.807) is 4.57 Å². The van der Waals surface area contributed by atoms with Gasteiger partial charge in [-0.3, -0.25) is 4.57 Å². The smallest absolute Gasteiger partial charge is 0.197 e. The maximum absolute atomic E-state index is 10.9. The number of aromatic amines is 1. The van der Waals surface area contributed by atoms with E-state index in [0.717, 1.165) is 43.6 Å². The van der Waals surface area contributed by atoms with Crippen molar-refractivity contribution >= 4 is 10.9 Å². The number of hydrogen-bond donors (Lipinski definition) is 4. The number of aliphatic hydroxyl groups excluding tert-OH is 1. The average molecular weight is 462 g/mol. The second kappa shape index (κ2) is 7.53. The number of para-hydroxylation sites is 1. The first-order valence-electron chi connectivity index (χ1n) is 13.1. The molecule has 180 valence electrons. The zero-order valence-corrected chi connectivity index (χ0v) is 19.8. The molecule has 2 bridgehead atoms. The quantitative estimate of drug-likeness (QED) is 0.451. The molecule has 34 heavy (non-hydrogen) atoms. The molecule has 6 heteroatoms. The standard InChI is InChI=1S/C28H35N3O3/c1-15-20-11-21(26(15)32)25-24(20)27(33)31(28(25)34)14-18-10-17(18)13-30-8-6-16(7-9-30)22-12-29-23-5-3-2-4-19(22)23/h2-5,12,15-18,20-21,26,29,32-34H,6-11,13-14H2,1H3/t15?,17-,18-,20?,21?,26?/m1/s1. The lowest BCUT2D eigenvalue weighted by molar-refractivity contribution is 0.114. The van der Waals surface area contributed by atoms with E-state index >= 15 is 0 Å². The Kier molecular flexibility index (Phi) is 4.63. The lowest BCUT2D eigenvalue weighted by atomic mass is 9.84. The van der Waals surface area contributed by atoms with E-state index in [0.29, 0.717) is 24.3 Å². The van der Waals surface area contributed by atoms with Crippen molar-refractivity contribution in [3.8, 4) is 11.8 Å². The van der Waals surface area contributed by atoms with Crippen LogP contribution in [0.4, 0.5) is 0 Å². The Labute approximate surface area is 200 Å². The maximum atomic E-state index is 10.9. The molecule has 1 aromatic carbocycles. The molecule has 3 heterocycles. The summed E-state index contributed by atoms with van der Waals surface area (Å²) < 4.78 is 1.74. The van der Waals surface area contributed by atoms with E-state index in [1.807, 2.05) is 0 Å². The molecular weight excluding hydrogens is 426 g/mol. The number of nitrogens with one attached hydrogen (secondary N) is 1. The van der Waals surface area contributed by atoms with Crippen LogP contribution in [0.5, 0.6) is 11.8 Å². The minimum atomic E-state index is -0.403. The van der Waals surface area contributed by atoms with E-state index in [2.05, 4.69) is 47.3 Å². The number of benzene rings is 1. The molecule has 4 unspecified atom stereocenters. The first-order valence-corrected chi connectivity index (χ1v) is 13.1. The summed E-state index contributed by atoms with van der Waals surface area (Å²) in [6.07, 6.45) is 6.23. The van der Waals surface area contributed by atoms with Crippen LogP contribution in [-0.4, -0.2) is 55.5 Å². The molecule has 0 spiro atoms. The number of nitrogens with zero attached hydrogens (tertiary/aromatic N) is 2. The van der Waals surface area contributed by atoms with Gasteiger partial charge < -0.3 is 25.2 Å². The molecule has 4 aliphatic rings. The second-order valence-electron chi connectivity index (χ2n) is 11.5. The van der Waals surface area contributed by atoms with Crippen molar-refractivity contribution in [3.63, 3.8) is 0 Å². The largest absolute Gasteiger partial charge is 0.494 e. The normalized spacial score (nSPS) is 33.1. The van der Waals surface area contributed by atoms with E-state index in [4.69, 9.17) is 0 Å². The van der Waals surface area contributed by atoms with Gasteiger partial charge in [-0.25, -0.2) is 0 Å². The average Bonchev–Trinajstić information content (AvgIpc) is 3.14. The van der Waals surface area contributed by atoms with Crippen LogP contribution in [0.25, 0.3) is 10.9 Å². The number of aromatic hydroxyl groups is 2. The van der Waals surface area contributed by atoms with Gasteiger partial charge in [0, 0.05) is 47.2 Å². The third kappa shape index (κ3) is 3.01. The summed E-state index contributed by atoms with van der Waals surface area (Å²) in [5.74, 6) is 2.55. The molecule has 3 aliphatic carbocycles. The molecule has 0 amide bonds. The third-order valence-electron chi connectivity index (χ3n) is 9.75. The fourth-order valence-electron chi connectivity index (χ4n) is 7.62. The van der Waals surface area contributed by atoms with Gasteiger partial charge >= 0.3 is 0 Å². The van der Waals surface area contributed by atoms with Gasteiger partial charge in [-0.05, 0) is 80.0 Å². The minimum Gasteiger partial charge on any atom is -0.494 e. The van der Waals surface area contributed by atoms with Crippen molar-refractivity contribution in [2.45, 2.75) is 63.0 Å². The summed E-state index contributed by atoms with van der Waals surface area (Å²) >= 11 is 0. The predicted octanol–water partition coefficient (Wildman–Crippen LogP) is 4.48. The number of aromatic nitrogens is 2. The van der Waals surface area contributed by atoms with Crippen molar-refractivity contribution in [1.82, 2.24) is 14.5 Å². The minimum absolute atomic E-state index is 0.0180.